The largest absolute Gasteiger partial charge is 0.478 e. The van der Waals surface area contributed by atoms with Gasteiger partial charge < -0.3 is 52.4 Å². The Labute approximate surface area is 656 Å². The van der Waals surface area contributed by atoms with E-state index < -0.39 is 87.1 Å². The van der Waals surface area contributed by atoms with Gasteiger partial charge in [-0.3, -0.25) is 28.8 Å². The zero-order chi connectivity index (χ0) is 80.1. The van der Waals surface area contributed by atoms with E-state index in [4.69, 9.17) is 62.5 Å². The molecular weight excluding hydrogens is 1610 g/mol. The van der Waals surface area contributed by atoms with E-state index in [1.54, 1.807) is 48.5 Å². The van der Waals surface area contributed by atoms with Gasteiger partial charge >= 0.3 is 23.0 Å². The second kappa shape index (κ2) is 36.1. The highest BCUT2D eigenvalue weighted by atomic mass is 35.5. The number of carbonyl (C=O) groups is 4. The van der Waals surface area contributed by atoms with E-state index in [9.17, 15) is 66.4 Å². The molecule has 0 saturated heterocycles. The quantitative estimate of drug-likeness (QED) is 0.0400. The first-order chi connectivity index (χ1) is 53.1. The van der Waals surface area contributed by atoms with Crippen LogP contribution in [0.4, 0.5) is 30.2 Å². The molecule has 0 bridgehead atoms. The number of nitrogens with zero attached hydrogens (tertiary/aromatic N) is 8. The SMILES string of the molecule is CNc1cc2[nH]c(=O)n(-c3ccc(C(=O)NC(C#N)c4ccc(Cl)s4)cc3)c(=O)c2cc1F.CNc1cc2[nH]c(=O)n(-c3ccc(C(=O)NC(c4nn[nH]n4)c4ccc(Cl)s4)cc3)c(=O)c2cc1F.CNc1cc2[nH]c(=O)n(-c3ccc(C(=O)O)cc3)c(=O)c2cc1F.N#CC(N)c1ccc(Cl)s1.O=Cc1ccc(Cl)s1. The molecule has 12 N–H and O–H groups in total. The van der Waals surface area contributed by atoms with Gasteiger partial charge in [-0.05, 0) is 158 Å². The van der Waals surface area contributed by atoms with E-state index in [-0.39, 0.29) is 89.3 Å². The van der Waals surface area contributed by atoms with Gasteiger partial charge in [0.2, 0.25) is 5.82 Å². The summed E-state index contributed by atoms with van der Waals surface area (Å²) in [7, 11) is 4.57. The van der Waals surface area contributed by atoms with E-state index in [0.717, 1.165) is 43.1 Å². The Kier molecular flexibility index (Phi) is 26.3. The first kappa shape index (κ1) is 80.9. The number of aromatic carboxylic acids is 1. The maximum Gasteiger partial charge on any atom is 0.335 e. The number of rotatable bonds is 16. The number of benzene rings is 6. The molecule has 0 spiro atoms. The van der Waals surface area contributed by atoms with Crippen LogP contribution in [0.1, 0.15) is 79.3 Å². The van der Waals surface area contributed by atoms with Gasteiger partial charge in [0.15, 0.2) is 12.3 Å². The topological polar surface area (TPSA) is 441 Å². The first-order valence-electron chi connectivity index (χ1n) is 31.6. The van der Waals surface area contributed by atoms with Crippen molar-refractivity contribution in [3.8, 4) is 29.2 Å². The molecule has 14 rings (SSSR count). The molecule has 0 saturated carbocycles. The number of carbonyl (C=O) groups excluding carboxylic acids is 3. The molecule has 8 heterocycles. The minimum Gasteiger partial charge on any atom is -0.478 e. The van der Waals surface area contributed by atoms with E-state index in [1.165, 1.54) is 157 Å². The van der Waals surface area contributed by atoms with Crippen LogP contribution in [-0.4, -0.2) is 99.6 Å². The predicted octanol–water partition coefficient (Wildman–Crippen LogP) is 11.9. The van der Waals surface area contributed by atoms with Crippen molar-refractivity contribution >= 4 is 166 Å². The Hall–Kier alpha value is -12.6. The van der Waals surface area contributed by atoms with E-state index in [0.29, 0.717) is 32.0 Å². The summed E-state index contributed by atoms with van der Waals surface area (Å²) >= 11 is 28.1. The molecule has 29 nitrogen and oxygen atoms in total. The van der Waals surface area contributed by atoms with Crippen molar-refractivity contribution in [2.75, 3.05) is 37.1 Å². The number of hydrogen-bond donors (Lipinski definition) is 11. The lowest BCUT2D eigenvalue weighted by molar-refractivity contribution is 0.0696. The predicted molar refractivity (Wildman–Crippen MR) is 421 cm³/mol. The van der Waals surface area contributed by atoms with Crippen molar-refractivity contribution in [3.63, 3.8) is 0 Å². The summed E-state index contributed by atoms with van der Waals surface area (Å²) in [6.07, 6.45) is 0.788. The summed E-state index contributed by atoms with van der Waals surface area (Å²) in [5.41, 5.74) is 3.31. The van der Waals surface area contributed by atoms with Crippen molar-refractivity contribution in [3.05, 3.63) is 297 Å². The van der Waals surface area contributed by atoms with Gasteiger partial charge in [0.25, 0.3) is 28.5 Å². The molecule has 111 heavy (non-hydrogen) atoms. The van der Waals surface area contributed by atoms with Gasteiger partial charge in [-0.15, -0.1) is 55.5 Å². The van der Waals surface area contributed by atoms with Crippen LogP contribution in [0.15, 0.2) is 186 Å². The van der Waals surface area contributed by atoms with Crippen LogP contribution in [0.25, 0.3) is 49.8 Å². The first-order valence-corrected chi connectivity index (χ1v) is 36.3. The highest BCUT2D eigenvalue weighted by molar-refractivity contribution is 7.18. The third-order valence-corrected chi connectivity index (χ3v) is 20.8. The summed E-state index contributed by atoms with van der Waals surface area (Å²) in [5.74, 6) is -3.73. The van der Waals surface area contributed by atoms with Crippen LogP contribution >= 0.6 is 91.8 Å². The Morgan fingerprint density at radius 1 is 0.514 bits per heavy atom. The number of anilines is 3. The zero-order valence-corrected chi connectivity index (χ0v) is 63.1. The number of amides is 2. The molecular formula is C71H51Cl4F3N18O11S4. The zero-order valence-electron chi connectivity index (χ0n) is 56.8. The minimum atomic E-state index is -1.12. The van der Waals surface area contributed by atoms with E-state index in [1.807, 2.05) is 12.1 Å². The molecule has 0 aliphatic heterocycles. The number of carboxylic acid groups (broad SMARTS) is 1. The lowest BCUT2D eigenvalue weighted by Crippen LogP contribution is -2.34. The van der Waals surface area contributed by atoms with Gasteiger partial charge in [-0.2, -0.15) is 15.7 Å². The molecule has 3 unspecified atom stereocenters. The summed E-state index contributed by atoms with van der Waals surface area (Å²) < 4.78 is 47.2. The second-order valence-electron chi connectivity index (χ2n) is 22.5. The van der Waals surface area contributed by atoms with Crippen LogP contribution in [-0.2, 0) is 0 Å². The molecule has 0 aliphatic carbocycles. The minimum absolute atomic E-state index is 0.000565. The summed E-state index contributed by atoms with van der Waals surface area (Å²) in [6, 6.07) is 39.4. The average Bonchev–Trinajstić information content (AvgIpc) is 1.47. The molecule has 564 valence electrons. The fourth-order valence-corrected chi connectivity index (χ4v) is 14.4. The monoisotopic (exact) mass is 1660 g/mol. The van der Waals surface area contributed by atoms with Crippen LogP contribution < -0.4 is 66.1 Å². The van der Waals surface area contributed by atoms with Crippen LogP contribution in [0.2, 0.25) is 17.3 Å². The molecule has 14 aromatic rings. The Morgan fingerprint density at radius 3 is 1.20 bits per heavy atom. The van der Waals surface area contributed by atoms with E-state index in [2.05, 4.69) is 62.2 Å². The Bertz CT molecular complexity index is 6330. The second-order valence-corrected chi connectivity index (χ2v) is 29.5. The molecule has 6 aromatic carbocycles. The Morgan fingerprint density at radius 2 is 0.883 bits per heavy atom. The number of fused-ring (bicyclic) bond motifs is 3. The molecule has 2 amide bonds. The van der Waals surface area contributed by atoms with Gasteiger partial charge in [0, 0.05) is 46.9 Å². The van der Waals surface area contributed by atoms with Crippen LogP contribution in [0, 0.1) is 40.1 Å². The number of nitrogens with one attached hydrogen (secondary N) is 9. The molecule has 0 fully saturated rings. The van der Waals surface area contributed by atoms with Crippen LogP contribution in [0.5, 0.6) is 0 Å². The van der Waals surface area contributed by atoms with E-state index >= 15 is 0 Å². The standard InChI is InChI=1S/C22H16ClFN8O3S.C22H15ClFN5O3S.C16H12FN3O4.C6H5ClN2S.C5H3ClOS/c1-25-15-9-14-12(8-13(15)24)21(34)32(22(35)26-14)11-4-2-10(3-5-11)20(33)27-18(19-28-30-31-29-19)16-6-7-17(23)36-16;1-26-16-9-15-13(8-14(16)24)21(31)29(22(32)28-15)12-4-2-11(3-5-12)20(30)27-17(10-25)18-6-7-19(23)33-18;1-18-13-7-12-10(6-11(13)17)14(21)20(16(24)19-12)9-4-2-8(3-5-9)15(22)23;7-6-2-1-5(10-6)4(9)3-8;6-5-2-1-4(3-7)8-5/h2-9,18,25H,1H3,(H,26,35)(H,27,33)(H,28,29,30,31);2-9,17,26H,1H3,(H,27,30)(H,28,32);2-7,18H,1H3,(H,19,24)(H,22,23);1-2,4H,9H2;1-3H. The third kappa shape index (κ3) is 18.9. The highest BCUT2D eigenvalue weighted by Gasteiger charge is 2.25. The third-order valence-electron chi connectivity index (χ3n) is 15.7. The number of hydrogen-bond acceptors (Lipinski definition) is 23. The van der Waals surface area contributed by atoms with Crippen molar-refractivity contribution in [2.24, 2.45) is 5.73 Å². The van der Waals surface area contributed by atoms with Gasteiger partial charge in [-0.1, -0.05) is 51.6 Å². The maximum absolute atomic E-state index is 14.2. The summed E-state index contributed by atoms with van der Waals surface area (Å²) in [5, 5.41) is 53.9. The van der Waals surface area contributed by atoms with Crippen LogP contribution in [0.3, 0.4) is 0 Å². The smallest absolute Gasteiger partial charge is 0.335 e. The molecule has 0 radical (unpaired) electrons. The average molecular weight is 1660 g/mol. The van der Waals surface area contributed by atoms with Gasteiger partial charge in [-0.25, -0.2) is 46.1 Å². The molecule has 3 atom stereocenters. The number of tetrazole rings is 1. The number of nitriles is 2. The number of thiophene rings is 4. The number of H-pyrrole nitrogens is 4. The fourth-order valence-electron chi connectivity index (χ4n) is 10.3. The number of nitrogens with two attached hydrogens (primary N) is 1. The van der Waals surface area contributed by atoms with Crippen molar-refractivity contribution in [1.29, 1.82) is 10.5 Å². The number of aromatic amines is 4. The van der Waals surface area contributed by atoms with Crippen molar-refractivity contribution < 1.29 is 37.5 Å². The maximum atomic E-state index is 14.2. The summed E-state index contributed by atoms with van der Waals surface area (Å²) in [4.78, 5) is 133. The van der Waals surface area contributed by atoms with Gasteiger partial charge in [0.05, 0.1) is 107 Å². The summed E-state index contributed by atoms with van der Waals surface area (Å²) in [6.45, 7) is 0. The van der Waals surface area contributed by atoms with Gasteiger partial charge in [0.1, 0.15) is 29.5 Å². The normalized spacial score (nSPS) is 11.5. The lowest BCUT2D eigenvalue weighted by atomic mass is 10.1. The number of aldehydes is 1. The van der Waals surface area contributed by atoms with Crippen molar-refractivity contribution in [2.45, 2.75) is 18.1 Å². The number of halogens is 7. The molecule has 40 heteroatoms. The van der Waals surface area contributed by atoms with Crippen molar-refractivity contribution in [1.82, 2.24) is 59.9 Å². The fraction of sp³-hybridized carbons (Fsp3) is 0.0845. The number of aromatic nitrogens is 10. The molecule has 0 aliphatic rings. The number of carboxylic acids is 1. The highest BCUT2D eigenvalue weighted by Crippen LogP contribution is 2.32. The lowest BCUT2D eigenvalue weighted by Gasteiger charge is -2.14. The Balaban J connectivity index is 0.000000160. The molecule has 8 aromatic heterocycles.